The van der Waals surface area contributed by atoms with Crippen molar-refractivity contribution in [1.29, 1.82) is 0 Å². The van der Waals surface area contributed by atoms with Gasteiger partial charge in [0.1, 0.15) is 5.75 Å². The van der Waals surface area contributed by atoms with Gasteiger partial charge in [-0.2, -0.15) is 0 Å². The Balaban J connectivity index is 1.92. The Hall–Kier alpha value is -2.82. The van der Waals surface area contributed by atoms with E-state index in [-0.39, 0.29) is 17.9 Å². The molecular formula is C21H26N2O3. The normalized spacial score (nSPS) is 11.5. The smallest absolute Gasteiger partial charge is 0.251 e. The zero-order valence-corrected chi connectivity index (χ0v) is 15.5. The van der Waals surface area contributed by atoms with Crippen LogP contribution in [0.25, 0.3) is 0 Å². The van der Waals surface area contributed by atoms with Crippen molar-refractivity contribution in [2.75, 3.05) is 13.7 Å². The lowest BCUT2D eigenvalue weighted by Gasteiger charge is -2.12. The number of amides is 2. The van der Waals surface area contributed by atoms with Gasteiger partial charge in [-0.3, -0.25) is 9.59 Å². The van der Waals surface area contributed by atoms with E-state index in [1.165, 1.54) is 0 Å². The molecule has 0 aliphatic rings. The minimum absolute atomic E-state index is 0.0999. The van der Waals surface area contributed by atoms with Gasteiger partial charge in [0.25, 0.3) is 11.8 Å². The van der Waals surface area contributed by atoms with Crippen LogP contribution in [0.4, 0.5) is 0 Å². The first-order valence-electron chi connectivity index (χ1n) is 8.85. The zero-order valence-electron chi connectivity index (χ0n) is 15.5. The number of hydrogen-bond donors (Lipinski definition) is 2. The first-order chi connectivity index (χ1) is 12.5. The largest absolute Gasteiger partial charge is 0.497 e. The minimum atomic E-state index is -0.189. The highest BCUT2D eigenvalue weighted by Gasteiger charge is 2.12. The molecule has 2 amide bonds. The SMILES string of the molecule is CCC(C)NC(=O)c1cccc(C(=O)NCCc2cccc(OC)c2)c1. The number of methoxy groups -OCH3 is 1. The van der Waals surface area contributed by atoms with E-state index in [9.17, 15) is 9.59 Å². The molecule has 138 valence electrons. The highest BCUT2D eigenvalue weighted by atomic mass is 16.5. The summed E-state index contributed by atoms with van der Waals surface area (Å²) >= 11 is 0. The highest BCUT2D eigenvalue weighted by molar-refractivity contribution is 5.99. The number of ether oxygens (including phenoxy) is 1. The van der Waals surface area contributed by atoms with Crippen LogP contribution in [-0.4, -0.2) is 31.5 Å². The van der Waals surface area contributed by atoms with E-state index in [0.29, 0.717) is 24.1 Å². The first kappa shape index (κ1) is 19.5. The van der Waals surface area contributed by atoms with Crippen molar-refractivity contribution in [1.82, 2.24) is 10.6 Å². The minimum Gasteiger partial charge on any atom is -0.497 e. The van der Waals surface area contributed by atoms with Gasteiger partial charge in [-0.05, 0) is 55.7 Å². The second-order valence-electron chi connectivity index (χ2n) is 6.22. The molecule has 0 heterocycles. The Morgan fingerprint density at radius 3 is 2.42 bits per heavy atom. The van der Waals surface area contributed by atoms with Gasteiger partial charge in [0.2, 0.25) is 0 Å². The van der Waals surface area contributed by atoms with Crippen LogP contribution in [0.2, 0.25) is 0 Å². The summed E-state index contributed by atoms with van der Waals surface area (Å²) in [7, 11) is 1.63. The maximum absolute atomic E-state index is 12.3. The molecule has 26 heavy (non-hydrogen) atoms. The van der Waals surface area contributed by atoms with E-state index in [1.54, 1.807) is 31.4 Å². The van der Waals surface area contributed by atoms with Gasteiger partial charge in [0, 0.05) is 23.7 Å². The van der Waals surface area contributed by atoms with Gasteiger partial charge in [0.15, 0.2) is 0 Å². The number of nitrogens with one attached hydrogen (secondary N) is 2. The van der Waals surface area contributed by atoms with Crippen molar-refractivity contribution >= 4 is 11.8 Å². The highest BCUT2D eigenvalue weighted by Crippen LogP contribution is 2.12. The summed E-state index contributed by atoms with van der Waals surface area (Å²) in [6.07, 6.45) is 1.56. The van der Waals surface area contributed by atoms with Crippen molar-refractivity contribution in [3.63, 3.8) is 0 Å². The molecule has 0 bridgehead atoms. The van der Waals surface area contributed by atoms with Gasteiger partial charge in [-0.1, -0.05) is 25.1 Å². The Labute approximate surface area is 154 Å². The third-order valence-electron chi connectivity index (χ3n) is 4.21. The van der Waals surface area contributed by atoms with E-state index >= 15 is 0 Å². The first-order valence-corrected chi connectivity index (χ1v) is 8.85. The molecule has 0 saturated carbocycles. The van der Waals surface area contributed by atoms with E-state index in [1.807, 2.05) is 38.1 Å². The summed E-state index contributed by atoms with van der Waals surface area (Å²) < 4.78 is 5.20. The van der Waals surface area contributed by atoms with Crippen molar-refractivity contribution in [2.45, 2.75) is 32.7 Å². The maximum atomic E-state index is 12.3. The monoisotopic (exact) mass is 354 g/mol. The van der Waals surface area contributed by atoms with Crippen LogP contribution in [0, 0.1) is 0 Å². The van der Waals surface area contributed by atoms with E-state index in [0.717, 1.165) is 17.7 Å². The van der Waals surface area contributed by atoms with Crippen LogP contribution in [-0.2, 0) is 6.42 Å². The van der Waals surface area contributed by atoms with Crippen LogP contribution in [0.1, 0.15) is 46.5 Å². The maximum Gasteiger partial charge on any atom is 0.251 e. The van der Waals surface area contributed by atoms with Crippen molar-refractivity contribution < 1.29 is 14.3 Å². The third kappa shape index (κ3) is 5.62. The lowest BCUT2D eigenvalue weighted by molar-refractivity contribution is 0.0939. The topological polar surface area (TPSA) is 67.4 Å². The molecule has 0 radical (unpaired) electrons. The summed E-state index contributed by atoms with van der Waals surface area (Å²) in [6.45, 7) is 4.47. The predicted octanol–water partition coefficient (Wildman–Crippen LogP) is 3.20. The molecule has 0 fully saturated rings. The average molecular weight is 354 g/mol. The van der Waals surface area contributed by atoms with Crippen LogP contribution in [0.15, 0.2) is 48.5 Å². The van der Waals surface area contributed by atoms with Gasteiger partial charge in [-0.15, -0.1) is 0 Å². The number of benzene rings is 2. The molecule has 0 aromatic heterocycles. The van der Waals surface area contributed by atoms with Crippen molar-refractivity contribution in [2.24, 2.45) is 0 Å². The average Bonchev–Trinajstić information content (AvgIpc) is 2.68. The molecule has 0 saturated heterocycles. The molecule has 2 aromatic carbocycles. The second kappa shape index (κ2) is 9.61. The number of hydrogen-bond acceptors (Lipinski definition) is 3. The lowest BCUT2D eigenvalue weighted by atomic mass is 10.1. The Bertz CT molecular complexity index is 758. The van der Waals surface area contributed by atoms with Crippen molar-refractivity contribution in [3.05, 3.63) is 65.2 Å². The third-order valence-corrected chi connectivity index (χ3v) is 4.21. The van der Waals surface area contributed by atoms with Crippen LogP contribution < -0.4 is 15.4 Å². The Morgan fingerprint density at radius 1 is 1.04 bits per heavy atom. The Kier molecular flexibility index (Phi) is 7.21. The fourth-order valence-electron chi connectivity index (χ4n) is 2.46. The lowest BCUT2D eigenvalue weighted by Crippen LogP contribution is -2.32. The second-order valence-corrected chi connectivity index (χ2v) is 6.22. The molecule has 0 aliphatic carbocycles. The summed E-state index contributed by atoms with van der Waals surface area (Å²) in [5.74, 6) is 0.449. The summed E-state index contributed by atoms with van der Waals surface area (Å²) in [4.78, 5) is 24.5. The van der Waals surface area contributed by atoms with Crippen molar-refractivity contribution in [3.8, 4) is 5.75 Å². The zero-order chi connectivity index (χ0) is 18.9. The fraction of sp³-hybridized carbons (Fsp3) is 0.333. The summed E-state index contributed by atoms with van der Waals surface area (Å²) in [5.41, 5.74) is 2.06. The molecular weight excluding hydrogens is 328 g/mol. The Morgan fingerprint density at radius 2 is 1.73 bits per heavy atom. The predicted molar refractivity (Wildman–Crippen MR) is 103 cm³/mol. The molecule has 1 atom stereocenters. The molecule has 0 spiro atoms. The molecule has 2 aromatic rings. The fourth-order valence-corrected chi connectivity index (χ4v) is 2.46. The molecule has 5 nitrogen and oxygen atoms in total. The number of rotatable bonds is 8. The van der Waals surface area contributed by atoms with Gasteiger partial charge in [-0.25, -0.2) is 0 Å². The van der Waals surface area contributed by atoms with Crippen LogP contribution in [0.5, 0.6) is 5.75 Å². The van der Waals surface area contributed by atoms with Gasteiger partial charge < -0.3 is 15.4 Å². The molecule has 2 N–H and O–H groups in total. The van der Waals surface area contributed by atoms with E-state index in [4.69, 9.17) is 4.74 Å². The van der Waals surface area contributed by atoms with Crippen LogP contribution in [0.3, 0.4) is 0 Å². The summed E-state index contributed by atoms with van der Waals surface area (Å²) in [6, 6.07) is 14.6. The van der Waals surface area contributed by atoms with E-state index in [2.05, 4.69) is 10.6 Å². The molecule has 1 unspecified atom stereocenters. The molecule has 5 heteroatoms. The number of carbonyl (C=O) groups is 2. The standard InChI is InChI=1S/C21H26N2O3/c1-4-15(2)23-21(25)18-9-6-8-17(14-18)20(24)22-12-11-16-7-5-10-19(13-16)26-3/h5-10,13-15H,4,11-12H2,1-3H3,(H,22,24)(H,23,25). The van der Waals surface area contributed by atoms with E-state index < -0.39 is 0 Å². The quantitative estimate of drug-likeness (QED) is 0.765. The molecule has 2 rings (SSSR count). The van der Waals surface area contributed by atoms with Gasteiger partial charge in [0.05, 0.1) is 7.11 Å². The number of carbonyl (C=O) groups excluding carboxylic acids is 2. The van der Waals surface area contributed by atoms with Crippen LogP contribution >= 0.6 is 0 Å². The molecule has 0 aliphatic heterocycles. The van der Waals surface area contributed by atoms with Gasteiger partial charge >= 0.3 is 0 Å². The summed E-state index contributed by atoms with van der Waals surface area (Å²) in [5, 5.41) is 5.80.